The lowest BCUT2D eigenvalue weighted by Gasteiger charge is -1.89. The van der Waals surface area contributed by atoms with Gasteiger partial charge in [0.15, 0.2) is 0 Å². The van der Waals surface area contributed by atoms with Crippen LogP contribution in [0.15, 0.2) is 17.8 Å². The highest BCUT2D eigenvalue weighted by Crippen LogP contribution is 2.40. The Morgan fingerprint density at radius 1 is 1.89 bits per heavy atom. The first kappa shape index (κ1) is 6.33. The average molecular weight is 125 g/mol. The predicted octanol–water partition coefficient (Wildman–Crippen LogP) is 1.66. The van der Waals surface area contributed by atoms with Gasteiger partial charge >= 0.3 is 0 Å². The van der Waals surface area contributed by atoms with Crippen LogP contribution in [0.2, 0.25) is 0 Å². The van der Waals surface area contributed by atoms with E-state index in [1.54, 1.807) is 0 Å². The third kappa shape index (κ3) is 1.12. The van der Waals surface area contributed by atoms with Crippen molar-refractivity contribution in [2.24, 2.45) is 17.0 Å². The Kier molecular flexibility index (Phi) is 1.56. The number of hydrogen-bond acceptors (Lipinski definition) is 2. The van der Waals surface area contributed by atoms with Crippen molar-refractivity contribution in [1.82, 2.24) is 0 Å². The molecule has 2 heteroatoms. The normalized spacial score (nSPS) is 34.1. The molecule has 0 radical (unpaired) electrons. The molecule has 2 unspecified atom stereocenters. The van der Waals surface area contributed by atoms with E-state index in [9.17, 15) is 0 Å². The van der Waals surface area contributed by atoms with Gasteiger partial charge in [0, 0.05) is 5.92 Å². The van der Waals surface area contributed by atoms with Crippen molar-refractivity contribution in [2.45, 2.75) is 13.3 Å². The summed E-state index contributed by atoms with van der Waals surface area (Å²) in [4.78, 5) is 0. The van der Waals surface area contributed by atoms with E-state index in [1.807, 2.05) is 13.0 Å². The molecule has 0 aromatic rings. The molecule has 2 atom stereocenters. The Bertz CT molecular complexity index is 151. The molecule has 1 aliphatic carbocycles. The lowest BCUT2D eigenvalue weighted by atomic mass is 10.2. The van der Waals surface area contributed by atoms with Crippen LogP contribution in [0.5, 0.6) is 0 Å². The van der Waals surface area contributed by atoms with Gasteiger partial charge in [0.2, 0.25) is 0 Å². The molecule has 0 spiro atoms. The zero-order valence-electron chi connectivity index (χ0n) is 5.54. The third-order valence-electron chi connectivity index (χ3n) is 1.84. The van der Waals surface area contributed by atoms with E-state index < -0.39 is 0 Å². The summed E-state index contributed by atoms with van der Waals surface area (Å²) in [6.07, 6.45) is 3.03. The van der Waals surface area contributed by atoms with Crippen LogP contribution < -0.4 is 0 Å². The number of allylic oxidation sites excluding steroid dienone is 1. The minimum atomic E-state index is 0.479. The van der Waals surface area contributed by atoms with Gasteiger partial charge in [-0.2, -0.15) is 0 Å². The van der Waals surface area contributed by atoms with Crippen molar-refractivity contribution in [3.05, 3.63) is 12.7 Å². The van der Waals surface area contributed by atoms with E-state index in [2.05, 4.69) is 11.7 Å². The molecule has 1 fully saturated rings. The van der Waals surface area contributed by atoms with Gasteiger partial charge in [0.05, 0.1) is 5.71 Å². The van der Waals surface area contributed by atoms with Crippen LogP contribution in [0.4, 0.5) is 0 Å². The molecular weight excluding hydrogens is 114 g/mol. The van der Waals surface area contributed by atoms with Gasteiger partial charge in [-0.1, -0.05) is 11.2 Å². The summed E-state index contributed by atoms with van der Waals surface area (Å²) in [5, 5.41) is 11.4. The van der Waals surface area contributed by atoms with Gasteiger partial charge in [0.25, 0.3) is 0 Å². The molecule has 1 saturated carbocycles. The quantitative estimate of drug-likeness (QED) is 0.259. The van der Waals surface area contributed by atoms with Crippen LogP contribution in [0.1, 0.15) is 13.3 Å². The lowest BCUT2D eigenvalue weighted by Crippen LogP contribution is -1.94. The molecule has 0 aromatic heterocycles. The summed E-state index contributed by atoms with van der Waals surface area (Å²) in [6.45, 7) is 5.49. The maximum Gasteiger partial charge on any atom is 0.0576 e. The number of hydrogen-bond donors (Lipinski definition) is 1. The third-order valence-corrected chi connectivity index (χ3v) is 1.84. The van der Waals surface area contributed by atoms with Gasteiger partial charge in [-0.25, -0.2) is 0 Å². The molecule has 0 amide bonds. The highest BCUT2D eigenvalue weighted by molar-refractivity contribution is 5.86. The fourth-order valence-corrected chi connectivity index (χ4v) is 1.03. The monoisotopic (exact) mass is 125 g/mol. The van der Waals surface area contributed by atoms with Gasteiger partial charge in [0.1, 0.15) is 0 Å². The Morgan fingerprint density at radius 3 is 2.89 bits per heavy atom. The largest absolute Gasteiger partial charge is 0.411 e. The Balaban J connectivity index is 2.42. The van der Waals surface area contributed by atoms with Crippen molar-refractivity contribution in [2.75, 3.05) is 0 Å². The summed E-state index contributed by atoms with van der Waals surface area (Å²) in [6, 6.07) is 0. The lowest BCUT2D eigenvalue weighted by molar-refractivity contribution is 0.316. The Morgan fingerprint density at radius 2 is 2.56 bits per heavy atom. The van der Waals surface area contributed by atoms with Gasteiger partial charge in [-0.15, -0.1) is 6.58 Å². The van der Waals surface area contributed by atoms with Crippen LogP contribution in [-0.2, 0) is 0 Å². The second-order valence-electron chi connectivity index (χ2n) is 2.48. The number of nitrogens with zero attached hydrogens (tertiary/aromatic N) is 1. The van der Waals surface area contributed by atoms with Crippen LogP contribution in [0.25, 0.3) is 0 Å². The highest BCUT2D eigenvalue weighted by Gasteiger charge is 2.36. The fraction of sp³-hybridized carbons (Fsp3) is 0.571. The molecule has 50 valence electrons. The summed E-state index contributed by atoms with van der Waals surface area (Å²) < 4.78 is 0. The van der Waals surface area contributed by atoms with E-state index in [0.717, 1.165) is 12.1 Å². The summed E-state index contributed by atoms with van der Waals surface area (Å²) in [7, 11) is 0. The first-order valence-electron chi connectivity index (χ1n) is 3.10. The second kappa shape index (κ2) is 2.21. The maximum atomic E-state index is 8.31. The Labute approximate surface area is 54.9 Å². The van der Waals surface area contributed by atoms with Crippen molar-refractivity contribution in [3.8, 4) is 0 Å². The molecule has 0 bridgehead atoms. The number of oxime groups is 1. The molecule has 1 rings (SSSR count). The van der Waals surface area contributed by atoms with Gasteiger partial charge in [-0.3, -0.25) is 0 Å². The van der Waals surface area contributed by atoms with E-state index >= 15 is 0 Å². The first-order valence-corrected chi connectivity index (χ1v) is 3.10. The highest BCUT2D eigenvalue weighted by atomic mass is 16.4. The second-order valence-corrected chi connectivity index (χ2v) is 2.48. The summed E-state index contributed by atoms with van der Waals surface area (Å²) in [5.41, 5.74) is 0.833. The zero-order valence-corrected chi connectivity index (χ0v) is 5.54. The van der Waals surface area contributed by atoms with Crippen molar-refractivity contribution < 1.29 is 5.21 Å². The fourth-order valence-electron chi connectivity index (χ4n) is 1.03. The van der Waals surface area contributed by atoms with E-state index in [1.165, 1.54) is 0 Å². The molecule has 2 nitrogen and oxygen atoms in total. The SMILES string of the molecule is C=CC1CC1/C(C)=N/O. The van der Waals surface area contributed by atoms with Crippen molar-refractivity contribution in [1.29, 1.82) is 0 Å². The van der Waals surface area contributed by atoms with Crippen LogP contribution in [-0.4, -0.2) is 10.9 Å². The maximum absolute atomic E-state index is 8.31. The Hall–Kier alpha value is -0.790. The minimum Gasteiger partial charge on any atom is -0.411 e. The molecule has 0 saturated heterocycles. The van der Waals surface area contributed by atoms with E-state index in [4.69, 9.17) is 5.21 Å². The summed E-state index contributed by atoms with van der Waals surface area (Å²) in [5.74, 6) is 1.05. The molecule has 9 heavy (non-hydrogen) atoms. The molecule has 0 aliphatic heterocycles. The zero-order chi connectivity index (χ0) is 6.85. The van der Waals surface area contributed by atoms with Crippen LogP contribution in [0.3, 0.4) is 0 Å². The topological polar surface area (TPSA) is 32.6 Å². The average Bonchev–Trinajstić information content (AvgIpc) is 2.64. The van der Waals surface area contributed by atoms with E-state index in [0.29, 0.717) is 11.8 Å². The van der Waals surface area contributed by atoms with Gasteiger partial charge in [-0.05, 0) is 19.3 Å². The summed E-state index contributed by atoms with van der Waals surface area (Å²) >= 11 is 0. The molecule has 0 aromatic carbocycles. The molecule has 0 heterocycles. The van der Waals surface area contributed by atoms with Crippen LogP contribution >= 0.6 is 0 Å². The standard InChI is InChI=1S/C7H11NO/c1-3-6-4-7(6)5(2)8-9/h3,6-7,9H,1,4H2,2H3/b8-5+. The predicted molar refractivity (Wildman–Crippen MR) is 36.7 cm³/mol. The molecule has 1 aliphatic rings. The smallest absolute Gasteiger partial charge is 0.0576 e. The number of rotatable bonds is 2. The molecular formula is C7H11NO. The van der Waals surface area contributed by atoms with Crippen molar-refractivity contribution in [3.63, 3.8) is 0 Å². The van der Waals surface area contributed by atoms with E-state index in [-0.39, 0.29) is 0 Å². The minimum absolute atomic E-state index is 0.479. The van der Waals surface area contributed by atoms with Crippen LogP contribution in [0, 0.1) is 11.8 Å². The molecule has 1 N–H and O–H groups in total. The first-order chi connectivity index (χ1) is 4.29. The van der Waals surface area contributed by atoms with Gasteiger partial charge < -0.3 is 5.21 Å². The van der Waals surface area contributed by atoms with Crippen molar-refractivity contribution >= 4 is 5.71 Å².